The highest BCUT2D eigenvalue weighted by atomic mass is 16.5. The van der Waals surface area contributed by atoms with E-state index in [1.54, 1.807) is 0 Å². The van der Waals surface area contributed by atoms with Gasteiger partial charge in [-0.25, -0.2) is 0 Å². The van der Waals surface area contributed by atoms with Gasteiger partial charge in [-0.3, -0.25) is 9.59 Å². The van der Waals surface area contributed by atoms with E-state index in [-0.39, 0.29) is 41.4 Å². The SMILES string of the molecule is CC1OCCC1C(=O)NC(C)(C)C1CCN(C(=O)C2CCOC2C)CC1. The quantitative estimate of drug-likeness (QED) is 0.826. The fourth-order valence-electron chi connectivity index (χ4n) is 4.70. The smallest absolute Gasteiger partial charge is 0.228 e. The summed E-state index contributed by atoms with van der Waals surface area (Å²) in [5.74, 6) is 0.705. The number of nitrogens with zero attached hydrogens (tertiary/aromatic N) is 1. The van der Waals surface area contributed by atoms with Gasteiger partial charge in [0.05, 0.1) is 24.0 Å². The Balaban J connectivity index is 1.51. The van der Waals surface area contributed by atoms with Crippen LogP contribution in [0.2, 0.25) is 0 Å². The number of piperidine rings is 1. The molecule has 0 bridgehead atoms. The Morgan fingerprint density at radius 1 is 0.923 bits per heavy atom. The van der Waals surface area contributed by atoms with Crippen LogP contribution < -0.4 is 5.32 Å². The summed E-state index contributed by atoms with van der Waals surface area (Å²) in [6.07, 6.45) is 3.53. The van der Waals surface area contributed by atoms with Crippen molar-refractivity contribution in [1.29, 1.82) is 0 Å². The molecule has 6 heteroatoms. The number of nitrogens with one attached hydrogen (secondary N) is 1. The van der Waals surface area contributed by atoms with Crippen molar-refractivity contribution in [2.75, 3.05) is 26.3 Å². The Morgan fingerprint density at radius 2 is 1.46 bits per heavy atom. The normalized spacial score (nSPS) is 33.5. The van der Waals surface area contributed by atoms with E-state index in [4.69, 9.17) is 9.47 Å². The summed E-state index contributed by atoms with van der Waals surface area (Å²) in [7, 11) is 0. The van der Waals surface area contributed by atoms with Crippen LogP contribution in [0.5, 0.6) is 0 Å². The molecule has 3 aliphatic rings. The van der Waals surface area contributed by atoms with Crippen molar-refractivity contribution in [3.8, 4) is 0 Å². The van der Waals surface area contributed by atoms with E-state index in [1.807, 2.05) is 18.7 Å². The van der Waals surface area contributed by atoms with Crippen LogP contribution in [0.15, 0.2) is 0 Å². The second-order valence-electron chi connectivity index (χ2n) is 8.75. The Hall–Kier alpha value is -1.14. The van der Waals surface area contributed by atoms with Crippen LogP contribution in [0.4, 0.5) is 0 Å². The number of carbonyl (C=O) groups excluding carboxylic acids is 2. The van der Waals surface area contributed by atoms with Crippen LogP contribution in [-0.2, 0) is 19.1 Å². The second-order valence-corrected chi connectivity index (χ2v) is 8.75. The molecule has 4 atom stereocenters. The van der Waals surface area contributed by atoms with Gasteiger partial charge in [-0.05, 0) is 59.3 Å². The molecular weight excluding hydrogens is 332 g/mol. The Kier molecular flexibility index (Phi) is 5.92. The summed E-state index contributed by atoms with van der Waals surface area (Å²) in [6.45, 7) is 11.1. The third-order valence-corrected chi connectivity index (χ3v) is 6.68. The maximum Gasteiger partial charge on any atom is 0.228 e. The topological polar surface area (TPSA) is 67.9 Å². The average molecular weight is 367 g/mol. The Morgan fingerprint density at radius 3 is 1.96 bits per heavy atom. The highest BCUT2D eigenvalue weighted by Gasteiger charge is 2.40. The van der Waals surface area contributed by atoms with Gasteiger partial charge in [0.2, 0.25) is 11.8 Å². The fourth-order valence-corrected chi connectivity index (χ4v) is 4.70. The van der Waals surface area contributed by atoms with Gasteiger partial charge >= 0.3 is 0 Å². The third-order valence-electron chi connectivity index (χ3n) is 6.68. The minimum absolute atomic E-state index is 0.000823. The van der Waals surface area contributed by atoms with E-state index in [1.165, 1.54) is 0 Å². The molecule has 2 amide bonds. The first-order chi connectivity index (χ1) is 12.3. The van der Waals surface area contributed by atoms with Gasteiger partial charge < -0.3 is 19.7 Å². The summed E-state index contributed by atoms with van der Waals surface area (Å²) >= 11 is 0. The molecule has 26 heavy (non-hydrogen) atoms. The summed E-state index contributed by atoms with van der Waals surface area (Å²) in [6, 6.07) is 0. The summed E-state index contributed by atoms with van der Waals surface area (Å²) in [4.78, 5) is 27.3. The van der Waals surface area contributed by atoms with Crippen LogP contribution in [0.1, 0.15) is 53.4 Å². The van der Waals surface area contributed by atoms with Crippen LogP contribution in [-0.4, -0.2) is 60.8 Å². The number of amides is 2. The lowest BCUT2D eigenvalue weighted by Gasteiger charge is -2.42. The molecule has 1 N–H and O–H groups in total. The van der Waals surface area contributed by atoms with E-state index < -0.39 is 0 Å². The van der Waals surface area contributed by atoms with Gasteiger partial charge in [-0.2, -0.15) is 0 Å². The van der Waals surface area contributed by atoms with Gasteiger partial charge in [0.1, 0.15) is 0 Å². The molecule has 0 saturated carbocycles. The summed E-state index contributed by atoms with van der Waals surface area (Å²) in [5.41, 5.74) is -0.266. The van der Waals surface area contributed by atoms with Crippen molar-refractivity contribution in [1.82, 2.24) is 10.2 Å². The molecule has 3 fully saturated rings. The molecule has 3 aliphatic heterocycles. The molecule has 0 radical (unpaired) electrons. The van der Waals surface area contributed by atoms with E-state index in [0.717, 1.165) is 38.8 Å². The highest BCUT2D eigenvalue weighted by Crippen LogP contribution is 2.31. The van der Waals surface area contributed by atoms with Crippen molar-refractivity contribution >= 4 is 11.8 Å². The van der Waals surface area contributed by atoms with Crippen LogP contribution in [0, 0.1) is 17.8 Å². The first kappa shape index (κ1) is 19.6. The largest absolute Gasteiger partial charge is 0.378 e. The van der Waals surface area contributed by atoms with Crippen molar-refractivity contribution < 1.29 is 19.1 Å². The molecule has 4 unspecified atom stereocenters. The minimum Gasteiger partial charge on any atom is -0.378 e. The number of hydrogen-bond acceptors (Lipinski definition) is 4. The van der Waals surface area contributed by atoms with E-state index in [2.05, 4.69) is 19.2 Å². The zero-order chi connectivity index (χ0) is 18.9. The molecule has 3 heterocycles. The molecular formula is C20H34N2O4. The standard InChI is InChI=1S/C20H34N2O4/c1-13-16(7-11-25-13)18(23)21-20(3,4)15-5-9-22(10-6-15)19(24)17-8-12-26-14(17)2/h13-17H,5-12H2,1-4H3,(H,21,23). The zero-order valence-electron chi connectivity index (χ0n) is 16.6. The maximum absolute atomic E-state index is 12.7. The lowest BCUT2D eigenvalue weighted by atomic mass is 9.79. The monoisotopic (exact) mass is 366 g/mol. The van der Waals surface area contributed by atoms with Gasteiger partial charge in [0, 0.05) is 31.8 Å². The first-order valence-electron chi connectivity index (χ1n) is 10.1. The van der Waals surface area contributed by atoms with Gasteiger partial charge in [-0.1, -0.05) is 0 Å². The molecule has 0 aromatic rings. The zero-order valence-corrected chi connectivity index (χ0v) is 16.6. The van der Waals surface area contributed by atoms with E-state index >= 15 is 0 Å². The molecule has 3 saturated heterocycles. The Labute approximate surface area is 157 Å². The number of ether oxygens (including phenoxy) is 2. The molecule has 148 valence electrons. The fraction of sp³-hybridized carbons (Fsp3) is 0.900. The number of carbonyl (C=O) groups is 2. The molecule has 0 aromatic carbocycles. The average Bonchev–Trinajstić information content (AvgIpc) is 3.22. The summed E-state index contributed by atoms with van der Waals surface area (Å²) in [5, 5.41) is 3.26. The predicted molar refractivity (Wildman–Crippen MR) is 98.6 cm³/mol. The number of likely N-dealkylation sites (tertiary alicyclic amines) is 1. The van der Waals surface area contributed by atoms with Crippen LogP contribution in [0.25, 0.3) is 0 Å². The van der Waals surface area contributed by atoms with Crippen molar-refractivity contribution in [2.45, 2.75) is 71.1 Å². The highest BCUT2D eigenvalue weighted by molar-refractivity contribution is 5.80. The Bertz CT molecular complexity index is 528. The molecule has 3 rings (SSSR count). The van der Waals surface area contributed by atoms with E-state index in [0.29, 0.717) is 19.1 Å². The lowest BCUT2D eigenvalue weighted by molar-refractivity contribution is -0.139. The van der Waals surface area contributed by atoms with Crippen molar-refractivity contribution in [2.24, 2.45) is 17.8 Å². The molecule has 0 aliphatic carbocycles. The maximum atomic E-state index is 12.7. The molecule has 0 spiro atoms. The number of hydrogen-bond donors (Lipinski definition) is 1. The van der Waals surface area contributed by atoms with Gasteiger partial charge in [-0.15, -0.1) is 0 Å². The molecule has 0 aromatic heterocycles. The van der Waals surface area contributed by atoms with Crippen LogP contribution >= 0.6 is 0 Å². The second kappa shape index (κ2) is 7.85. The third kappa shape index (κ3) is 4.06. The lowest BCUT2D eigenvalue weighted by Crippen LogP contribution is -2.55. The first-order valence-corrected chi connectivity index (χ1v) is 10.1. The molecule has 6 nitrogen and oxygen atoms in total. The number of rotatable bonds is 4. The van der Waals surface area contributed by atoms with Gasteiger partial charge in [0.15, 0.2) is 0 Å². The van der Waals surface area contributed by atoms with Gasteiger partial charge in [0.25, 0.3) is 0 Å². The van der Waals surface area contributed by atoms with Crippen molar-refractivity contribution in [3.05, 3.63) is 0 Å². The predicted octanol–water partition coefficient (Wildman–Crippen LogP) is 1.97. The van der Waals surface area contributed by atoms with Crippen LogP contribution in [0.3, 0.4) is 0 Å². The minimum atomic E-state index is -0.266. The van der Waals surface area contributed by atoms with E-state index in [9.17, 15) is 9.59 Å². The summed E-state index contributed by atoms with van der Waals surface area (Å²) < 4.78 is 11.1. The van der Waals surface area contributed by atoms with Crippen molar-refractivity contribution in [3.63, 3.8) is 0 Å².